The summed E-state index contributed by atoms with van der Waals surface area (Å²) >= 11 is 1.19. The molecule has 2 rings (SSSR count). The number of rotatable bonds is 3. The fraction of sp³-hybridized carbons (Fsp3) is 0.565. The molecular formula is C23H32N2O9S. The van der Waals surface area contributed by atoms with Crippen LogP contribution in [0.1, 0.15) is 49.2 Å². The normalized spacial score (nSPS) is 21.3. The van der Waals surface area contributed by atoms with E-state index >= 15 is 0 Å². The molecule has 1 aromatic rings. The van der Waals surface area contributed by atoms with E-state index in [0.29, 0.717) is 5.56 Å². The maximum absolute atomic E-state index is 13.2. The molecule has 0 aromatic heterocycles. The fourth-order valence-corrected chi connectivity index (χ4v) is 4.48. The van der Waals surface area contributed by atoms with E-state index in [0.717, 1.165) is 0 Å². The Morgan fingerprint density at radius 3 is 2.49 bits per heavy atom. The highest BCUT2D eigenvalue weighted by Gasteiger charge is 2.36. The third kappa shape index (κ3) is 7.17. The quantitative estimate of drug-likeness (QED) is 0.406. The Morgan fingerprint density at radius 1 is 1.26 bits per heavy atom. The van der Waals surface area contributed by atoms with E-state index < -0.39 is 47.7 Å². The molecule has 2 amide bonds. The molecule has 0 saturated carbocycles. The number of benzene rings is 1. The Hall–Kier alpha value is -3.15. The number of aromatic hydroxyl groups is 1. The van der Waals surface area contributed by atoms with Crippen molar-refractivity contribution in [2.45, 2.75) is 64.2 Å². The number of fused-ring (bicyclic) bond motifs is 1. The number of alkyl carbamates (subject to hydrolysis) is 1. The van der Waals surface area contributed by atoms with Gasteiger partial charge in [0, 0.05) is 28.7 Å². The fourth-order valence-electron chi connectivity index (χ4n) is 3.41. The zero-order valence-electron chi connectivity index (χ0n) is 20.8. The first-order chi connectivity index (χ1) is 16.3. The molecule has 0 unspecified atom stereocenters. The van der Waals surface area contributed by atoms with Gasteiger partial charge >= 0.3 is 18.0 Å². The molecule has 0 saturated heterocycles. The van der Waals surface area contributed by atoms with E-state index in [1.165, 1.54) is 39.0 Å². The third-order valence-corrected chi connectivity index (χ3v) is 6.16. The largest absolute Gasteiger partial charge is 0.507 e. The molecule has 3 atom stereocenters. The molecule has 1 aliphatic heterocycles. The Bertz CT molecular complexity index is 990. The van der Waals surface area contributed by atoms with Gasteiger partial charge in [0.1, 0.15) is 35.3 Å². The van der Waals surface area contributed by atoms with E-state index in [1.807, 2.05) is 0 Å². The van der Waals surface area contributed by atoms with Crippen molar-refractivity contribution in [1.29, 1.82) is 0 Å². The van der Waals surface area contributed by atoms with Gasteiger partial charge in [-0.25, -0.2) is 14.4 Å². The number of carbonyl (C=O) groups excluding carboxylic acids is 4. The number of thioether (sulfide) groups is 1. The summed E-state index contributed by atoms with van der Waals surface area (Å²) in [6, 6.07) is -1.06. The molecule has 0 aliphatic carbocycles. The number of carbonyl (C=O) groups is 4. The standard InChI is InChI=1S/C23H32N2O9S/c1-11-16(31-6)8-15(26)13-9-35-10-14(20(28)32-7)24-19(27)18(12(2)33-21(29)17(11)13)25-22(30)34-23(3,4)5/h8,12,14,18,26H,9-10H2,1-7H3,(H,24,27)(H,25,30)/t12-,14+,18-/m1/s1. The predicted molar refractivity (Wildman–Crippen MR) is 128 cm³/mol. The average molecular weight is 513 g/mol. The van der Waals surface area contributed by atoms with Crippen LogP contribution in [0.25, 0.3) is 0 Å². The minimum atomic E-state index is -1.40. The highest BCUT2D eigenvalue weighted by Crippen LogP contribution is 2.36. The van der Waals surface area contributed by atoms with Crippen molar-refractivity contribution in [3.8, 4) is 11.5 Å². The molecule has 0 radical (unpaired) electrons. The Balaban J connectivity index is 2.53. The maximum Gasteiger partial charge on any atom is 0.408 e. The van der Waals surface area contributed by atoms with Crippen LogP contribution in [0.4, 0.5) is 4.79 Å². The minimum Gasteiger partial charge on any atom is -0.507 e. The maximum atomic E-state index is 13.2. The van der Waals surface area contributed by atoms with Crippen molar-refractivity contribution in [2.24, 2.45) is 0 Å². The Labute approximate surface area is 208 Å². The van der Waals surface area contributed by atoms with Gasteiger partial charge in [0.15, 0.2) is 0 Å². The van der Waals surface area contributed by atoms with Crippen LogP contribution in [0.2, 0.25) is 0 Å². The Morgan fingerprint density at radius 2 is 1.91 bits per heavy atom. The molecule has 1 aliphatic rings. The number of ether oxygens (including phenoxy) is 4. The molecule has 12 heteroatoms. The van der Waals surface area contributed by atoms with Crippen LogP contribution in [0.5, 0.6) is 11.5 Å². The number of nitrogens with one attached hydrogen (secondary N) is 2. The number of amides is 2. The Kier molecular flexibility index (Phi) is 9.24. The lowest BCUT2D eigenvalue weighted by atomic mass is 10.0. The van der Waals surface area contributed by atoms with Crippen LogP contribution >= 0.6 is 11.8 Å². The lowest BCUT2D eigenvalue weighted by Crippen LogP contribution is -2.57. The lowest BCUT2D eigenvalue weighted by Gasteiger charge is -2.29. The summed E-state index contributed by atoms with van der Waals surface area (Å²) < 4.78 is 20.9. The van der Waals surface area contributed by atoms with Gasteiger partial charge in [-0.15, -0.1) is 0 Å². The van der Waals surface area contributed by atoms with E-state index in [4.69, 9.17) is 18.9 Å². The van der Waals surface area contributed by atoms with Crippen molar-refractivity contribution in [2.75, 3.05) is 20.0 Å². The van der Waals surface area contributed by atoms with E-state index in [9.17, 15) is 24.3 Å². The number of methoxy groups -OCH3 is 2. The van der Waals surface area contributed by atoms with Gasteiger partial charge in [0.05, 0.1) is 19.8 Å². The molecule has 0 spiro atoms. The topological polar surface area (TPSA) is 149 Å². The van der Waals surface area contributed by atoms with Gasteiger partial charge in [0.25, 0.3) is 0 Å². The van der Waals surface area contributed by atoms with Crippen LogP contribution < -0.4 is 15.4 Å². The number of hydrogen-bond acceptors (Lipinski definition) is 10. The number of phenolic OH excluding ortho intramolecular Hbond substituents is 1. The molecule has 35 heavy (non-hydrogen) atoms. The zero-order valence-corrected chi connectivity index (χ0v) is 21.7. The first-order valence-corrected chi connectivity index (χ1v) is 12.0. The molecule has 1 aromatic carbocycles. The highest BCUT2D eigenvalue weighted by molar-refractivity contribution is 7.98. The van der Waals surface area contributed by atoms with Crippen LogP contribution in [-0.2, 0) is 29.6 Å². The van der Waals surface area contributed by atoms with Crippen LogP contribution in [-0.4, -0.2) is 72.8 Å². The summed E-state index contributed by atoms with van der Waals surface area (Å²) in [7, 11) is 2.59. The SMILES string of the molecule is COC(=O)[C@@H]1CSCc2c(O)cc(OC)c(C)c2C(=O)O[C@H](C)[C@@H](NC(=O)OC(C)(C)C)C(=O)N1. The van der Waals surface area contributed by atoms with Crippen LogP contribution in [0, 0.1) is 6.92 Å². The van der Waals surface area contributed by atoms with Gasteiger partial charge < -0.3 is 34.7 Å². The first kappa shape index (κ1) is 28.1. The van der Waals surface area contributed by atoms with Crippen LogP contribution in [0.15, 0.2) is 6.07 Å². The number of phenols is 1. The van der Waals surface area contributed by atoms with Gasteiger partial charge in [-0.3, -0.25) is 4.79 Å². The molecule has 3 N–H and O–H groups in total. The molecule has 0 fully saturated rings. The summed E-state index contributed by atoms with van der Waals surface area (Å²) in [5.41, 5.74) is -0.0486. The average Bonchev–Trinajstić information content (AvgIpc) is 2.75. The van der Waals surface area contributed by atoms with Crippen molar-refractivity contribution in [3.63, 3.8) is 0 Å². The molecule has 1 heterocycles. The summed E-state index contributed by atoms with van der Waals surface area (Å²) in [6.07, 6.45) is -2.09. The van der Waals surface area contributed by atoms with Crippen molar-refractivity contribution in [1.82, 2.24) is 10.6 Å². The smallest absolute Gasteiger partial charge is 0.408 e. The van der Waals surface area contributed by atoms with Crippen molar-refractivity contribution < 1.29 is 43.2 Å². The van der Waals surface area contributed by atoms with Gasteiger partial charge in [0.2, 0.25) is 5.91 Å². The van der Waals surface area contributed by atoms with E-state index in [1.54, 1.807) is 27.7 Å². The minimum absolute atomic E-state index is 0.0744. The second-order valence-electron chi connectivity index (χ2n) is 8.91. The second kappa shape index (κ2) is 11.5. The highest BCUT2D eigenvalue weighted by atomic mass is 32.2. The monoisotopic (exact) mass is 512 g/mol. The molecule has 0 bridgehead atoms. The van der Waals surface area contributed by atoms with E-state index in [2.05, 4.69) is 10.6 Å². The molecular weight excluding hydrogens is 480 g/mol. The van der Waals surface area contributed by atoms with Gasteiger partial charge in [-0.05, 0) is 34.6 Å². The summed E-state index contributed by atoms with van der Waals surface area (Å²) in [5, 5.41) is 15.5. The van der Waals surface area contributed by atoms with E-state index in [-0.39, 0.29) is 34.1 Å². The second-order valence-corrected chi connectivity index (χ2v) is 9.94. The summed E-state index contributed by atoms with van der Waals surface area (Å²) in [5.74, 6) is -1.97. The van der Waals surface area contributed by atoms with Gasteiger partial charge in [-0.1, -0.05) is 0 Å². The van der Waals surface area contributed by atoms with Crippen LogP contribution in [0.3, 0.4) is 0 Å². The summed E-state index contributed by atoms with van der Waals surface area (Å²) in [4.78, 5) is 51.1. The zero-order chi connectivity index (χ0) is 26.5. The number of hydrogen-bond donors (Lipinski definition) is 3. The molecule has 194 valence electrons. The molecule has 11 nitrogen and oxygen atoms in total. The lowest BCUT2D eigenvalue weighted by molar-refractivity contribution is -0.145. The third-order valence-electron chi connectivity index (χ3n) is 5.10. The predicted octanol–water partition coefficient (Wildman–Crippen LogP) is 2.05. The van der Waals surface area contributed by atoms with Gasteiger partial charge in [-0.2, -0.15) is 11.8 Å². The number of cyclic esters (lactones) is 1. The first-order valence-electron chi connectivity index (χ1n) is 10.8. The van der Waals surface area contributed by atoms with Crippen molar-refractivity contribution >= 4 is 35.7 Å². The summed E-state index contributed by atoms with van der Waals surface area (Å²) in [6.45, 7) is 8.02. The number of esters is 2. The van der Waals surface area contributed by atoms with Crippen molar-refractivity contribution in [3.05, 3.63) is 22.8 Å².